The minimum Gasteiger partial charge on any atom is -0.496 e. The molecule has 0 saturated carbocycles. The highest BCUT2D eigenvalue weighted by molar-refractivity contribution is 7.10. The molecule has 5 heteroatoms. The van der Waals surface area contributed by atoms with Gasteiger partial charge in [0.15, 0.2) is 0 Å². The largest absolute Gasteiger partial charge is 0.496 e. The fourth-order valence-electron chi connectivity index (χ4n) is 2.52. The Hall–Kier alpha value is -1.10. The molecule has 0 aliphatic carbocycles. The zero-order valence-electron chi connectivity index (χ0n) is 11.5. The highest BCUT2D eigenvalue weighted by Gasteiger charge is 2.19. The SMILES string of the molecule is COc1ccccc1-c1csc(C2CCNCC2)n1.Cl. The molecule has 1 aliphatic heterocycles. The number of methoxy groups -OCH3 is 1. The van der Waals surface area contributed by atoms with Crippen LogP contribution in [0, 0.1) is 0 Å². The number of nitrogens with one attached hydrogen (secondary N) is 1. The third-order valence-electron chi connectivity index (χ3n) is 3.59. The molecule has 1 N–H and O–H groups in total. The highest BCUT2D eigenvalue weighted by Crippen LogP contribution is 2.34. The van der Waals surface area contributed by atoms with Gasteiger partial charge < -0.3 is 10.1 Å². The van der Waals surface area contributed by atoms with Crippen molar-refractivity contribution in [1.29, 1.82) is 0 Å². The van der Waals surface area contributed by atoms with Crippen LogP contribution in [0.1, 0.15) is 23.8 Å². The number of rotatable bonds is 3. The molecule has 0 spiro atoms. The van der Waals surface area contributed by atoms with Crippen molar-refractivity contribution in [3.8, 4) is 17.0 Å². The first kappa shape index (κ1) is 15.3. The zero-order chi connectivity index (χ0) is 13.1. The lowest BCUT2D eigenvalue weighted by molar-refractivity contribution is 0.416. The fourth-order valence-corrected chi connectivity index (χ4v) is 3.52. The minimum absolute atomic E-state index is 0. The van der Waals surface area contributed by atoms with E-state index < -0.39 is 0 Å². The van der Waals surface area contributed by atoms with E-state index >= 15 is 0 Å². The van der Waals surface area contributed by atoms with Gasteiger partial charge in [0.05, 0.1) is 17.8 Å². The molecule has 1 aliphatic rings. The third-order valence-corrected chi connectivity index (χ3v) is 4.60. The number of halogens is 1. The molecule has 3 rings (SSSR count). The maximum atomic E-state index is 5.41. The molecule has 1 saturated heterocycles. The summed E-state index contributed by atoms with van der Waals surface area (Å²) < 4.78 is 5.41. The van der Waals surface area contributed by atoms with Crippen LogP contribution in [0.3, 0.4) is 0 Å². The number of hydrogen-bond donors (Lipinski definition) is 1. The Morgan fingerprint density at radius 1 is 1.25 bits per heavy atom. The Labute approximate surface area is 129 Å². The van der Waals surface area contributed by atoms with Crippen LogP contribution in [0.5, 0.6) is 5.75 Å². The smallest absolute Gasteiger partial charge is 0.128 e. The van der Waals surface area contributed by atoms with Gasteiger partial charge in [-0.05, 0) is 38.1 Å². The van der Waals surface area contributed by atoms with Crippen LogP contribution < -0.4 is 10.1 Å². The quantitative estimate of drug-likeness (QED) is 0.938. The summed E-state index contributed by atoms with van der Waals surface area (Å²) in [5, 5.41) is 6.81. The van der Waals surface area contributed by atoms with Crippen LogP contribution in [-0.2, 0) is 0 Å². The number of nitrogens with zero attached hydrogens (tertiary/aromatic N) is 1. The van der Waals surface area contributed by atoms with Crippen LogP contribution in [0.2, 0.25) is 0 Å². The van der Waals surface area contributed by atoms with Crippen molar-refractivity contribution in [2.45, 2.75) is 18.8 Å². The van der Waals surface area contributed by atoms with Crippen molar-refractivity contribution in [2.75, 3.05) is 20.2 Å². The molecule has 3 nitrogen and oxygen atoms in total. The molecule has 108 valence electrons. The number of ether oxygens (including phenoxy) is 1. The molecule has 0 bridgehead atoms. The predicted octanol–water partition coefficient (Wildman–Crippen LogP) is 3.71. The summed E-state index contributed by atoms with van der Waals surface area (Å²) >= 11 is 1.78. The molecule has 0 radical (unpaired) electrons. The summed E-state index contributed by atoms with van der Waals surface area (Å²) in [6, 6.07) is 8.07. The van der Waals surface area contributed by atoms with E-state index in [1.54, 1.807) is 18.4 Å². The molecule has 1 fully saturated rings. The summed E-state index contributed by atoms with van der Waals surface area (Å²) in [6.45, 7) is 2.21. The summed E-state index contributed by atoms with van der Waals surface area (Å²) in [7, 11) is 1.71. The molecule has 1 aromatic carbocycles. The van der Waals surface area contributed by atoms with Gasteiger partial charge in [0.2, 0.25) is 0 Å². The van der Waals surface area contributed by atoms with Crippen LogP contribution in [0.4, 0.5) is 0 Å². The van der Waals surface area contributed by atoms with Crippen LogP contribution >= 0.6 is 23.7 Å². The first-order valence-electron chi connectivity index (χ1n) is 6.68. The van der Waals surface area contributed by atoms with Crippen molar-refractivity contribution < 1.29 is 4.74 Å². The normalized spacial score (nSPS) is 15.7. The first-order valence-corrected chi connectivity index (χ1v) is 7.56. The Bertz CT molecular complexity index is 552. The van der Waals surface area contributed by atoms with Crippen LogP contribution in [-0.4, -0.2) is 25.2 Å². The van der Waals surface area contributed by atoms with Gasteiger partial charge in [-0.25, -0.2) is 4.98 Å². The van der Waals surface area contributed by atoms with Crippen molar-refractivity contribution in [1.82, 2.24) is 10.3 Å². The monoisotopic (exact) mass is 310 g/mol. The van der Waals surface area contributed by atoms with Gasteiger partial charge >= 0.3 is 0 Å². The number of aromatic nitrogens is 1. The van der Waals surface area contributed by atoms with E-state index in [4.69, 9.17) is 9.72 Å². The summed E-state index contributed by atoms with van der Waals surface area (Å²) in [5.74, 6) is 1.51. The second-order valence-electron chi connectivity index (χ2n) is 4.80. The number of thiazole rings is 1. The Balaban J connectivity index is 0.00000147. The van der Waals surface area contributed by atoms with Gasteiger partial charge in [-0.3, -0.25) is 0 Å². The topological polar surface area (TPSA) is 34.1 Å². The molecule has 0 atom stereocenters. The van der Waals surface area contributed by atoms with Crippen molar-refractivity contribution in [2.24, 2.45) is 0 Å². The minimum atomic E-state index is 0. The van der Waals surface area contributed by atoms with E-state index in [1.807, 2.05) is 18.2 Å². The van der Waals surface area contributed by atoms with E-state index in [0.717, 1.165) is 30.1 Å². The van der Waals surface area contributed by atoms with E-state index in [1.165, 1.54) is 17.8 Å². The molecular formula is C15H19ClN2OS. The van der Waals surface area contributed by atoms with Gasteiger partial charge in [0.25, 0.3) is 0 Å². The van der Waals surface area contributed by atoms with Gasteiger partial charge in [-0.1, -0.05) is 12.1 Å². The van der Waals surface area contributed by atoms with Crippen LogP contribution in [0.25, 0.3) is 11.3 Å². The molecule has 2 aromatic rings. The van der Waals surface area contributed by atoms with Gasteiger partial charge in [0.1, 0.15) is 5.75 Å². The second kappa shape index (κ2) is 7.07. The second-order valence-corrected chi connectivity index (χ2v) is 5.69. The lowest BCUT2D eigenvalue weighted by atomic mass is 9.99. The third kappa shape index (κ3) is 3.14. The van der Waals surface area contributed by atoms with Crippen molar-refractivity contribution >= 4 is 23.7 Å². The first-order chi connectivity index (χ1) is 9.38. The zero-order valence-corrected chi connectivity index (χ0v) is 13.1. The number of hydrogen-bond acceptors (Lipinski definition) is 4. The van der Waals surface area contributed by atoms with Crippen LogP contribution in [0.15, 0.2) is 29.6 Å². The van der Waals surface area contributed by atoms with E-state index in [9.17, 15) is 0 Å². The van der Waals surface area contributed by atoms with E-state index in [2.05, 4.69) is 16.8 Å². The Morgan fingerprint density at radius 2 is 2.00 bits per heavy atom. The van der Waals surface area contributed by atoms with E-state index in [-0.39, 0.29) is 12.4 Å². The predicted molar refractivity (Wildman–Crippen MR) is 86.2 cm³/mol. The maximum Gasteiger partial charge on any atom is 0.128 e. The molecule has 20 heavy (non-hydrogen) atoms. The highest BCUT2D eigenvalue weighted by atomic mass is 35.5. The number of benzene rings is 1. The maximum absolute atomic E-state index is 5.41. The Kier molecular flexibility index (Phi) is 5.40. The number of para-hydroxylation sites is 1. The summed E-state index contributed by atoms with van der Waals surface area (Å²) in [5.41, 5.74) is 2.12. The lowest BCUT2D eigenvalue weighted by Gasteiger charge is -2.20. The molecule has 2 heterocycles. The molecule has 1 aromatic heterocycles. The molecule has 0 amide bonds. The fraction of sp³-hybridized carbons (Fsp3) is 0.400. The number of piperidine rings is 1. The standard InChI is InChI=1S/C15H18N2OS.ClH/c1-18-14-5-3-2-4-12(14)13-10-19-15(17-13)11-6-8-16-9-7-11;/h2-5,10-11,16H,6-9H2,1H3;1H. The Morgan fingerprint density at radius 3 is 2.75 bits per heavy atom. The summed E-state index contributed by atoms with van der Waals surface area (Å²) in [4.78, 5) is 4.82. The average molecular weight is 311 g/mol. The summed E-state index contributed by atoms with van der Waals surface area (Å²) in [6.07, 6.45) is 2.39. The lowest BCUT2D eigenvalue weighted by Crippen LogP contribution is -2.26. The van der Waals surface area contributed by atoms with Crippen molar-refractivity contribution in [3.05, 3.63) is 34.7 Å². The van der Waals surface area contributed by atoms with E-state index in [0.29, 0.717) is 5.92 Å². The van der Waals surface area contributed by atoms with Gasteiger partial charge in [-0.2, -0.15) is 0 Å². The molecule has 0 unspecified atom stereocenters. The van der Waals surface area contributed by atoms with Crippen molar-refractivity contribution in [3.63, 3.8) is 0 Å². The average Bonchev–Trinajstić information content (AvgIpc) is 2.98. The molecular weight excluding hydrogens is 292 g/mol. The van der Waals surface area contributed by atoms with Gasteiger partial charge in [-0.15, -0.1) is 23.7 Å². The van der Waals surface area contributed by atoms with Gasteiger partial charge in [0, 0.05) is 16.9 Å².